The summed E-state index contributed by atoms with van der Waals surface area (Å²) in [6.45, 7) is 3.13. The highest BCUT2D eigenvalue weighted by Crippen LogP contribution is 2.24. The summed E-state index contributed by atoms with van der Waals surface area (Å²) in [5.74, 6) is 0.146. The number of hydrogen-bond acceptors (Lipinski definition) is 4. The van der Waals surface area contributed by atoms with Crippen LogP contribution < -0.4 is 20.3 Å². The number of ether oxygens (including phenoxy) is 1. The van der Waals surface area contributed by atoms with Crippen LogP contribution in [-0.2, 0) is 14.4 Å². The second-order valence-electron chi connectivity index (χ2n) is 6.04. The topological polar surface area (TPSA) is 92.3 Å². The van der Waals surface area contributed by atoms with Crippen molar-refractivity contribution < 1.29 is 24.4 Å². The minimum Gasteiger partial charge on any atom is -0.494 e. The molecule has 2 saturated heterocycles. The van der Waals surface area contributed by atoms with Crippen molar-refractivity contribution in [1.29, 1.82) is 0 Å². The van der Waals surface area contributed by atoms with Gasteiger partial charge in [0.1, 0.15) is 5.75 Å². The Bertz CT molecular complexity index is 644. The lowest BCUT2D eigenvalue weighted by atomic mass is 10.1. The van der Waals surface area contributed by atoms with Gasteiger partial charge < -0.3 is 15.4 Å². The Kier molecular flexibility index (Phi) is 4.80. The molecule has 7 heteroatoms. The van der Waals surface area contributed by atoms with Crippen LogP contribution in [0.5, 0.6) is 5.75 Å². The first-order chi connectivity index (χ1) is 11.6. The fourth-order valence-electron chi connectivity index (χ4n) is 3.19. The highest BCUT2D eigenvalue weighted by atomic mass is 16.5. The Morgan fingerprint density at radius 2 is 1.96 bits per heavy atom. The third-order valence-electron chi connectivity index (χ3n) is 4.38. The number of carbonyl (C=O) groups is 3. The van der Waals surface area contributed by atoms with E-state index in [0.717, 1.165) is 12.8 Å². The van der Waals surface area contributed by atoms with Crippen molar-refractivity contribution in [2.45, 2.75) is 38.3 Å². The normalized spacial score (nSPS) is 24.2. The average molecular weight is 332 g/mol. The third kappa shape index (κ3) is 3.26. The van der Waals surface area contributed by atoms with Crippen molar-refractivity contribution in [1.82, 2.24) is 5.32 Å². The van der Waals surface area contributed by atoms with Gasteiger partial charge in [0.05, 0.1) is 18.7 Å². The molecule has 0 aromatic heterocycles. The van der Waals surface area contributed by atoms with Crippen LogP contribution in [0, 0.1) is 0 Å². The summed E-state index contributed by atoms with van der Waals surface area (Å²) in [5.41, 5.74) is 0.539. The van der Waals surface area contributed by atoms with Crippen LogP contribution in [0.4, 0.5) is 5.69 Å². The van der Waals surface area contributed by atoms with Crippen LogP contribution in [0.15, 0.2) is 24.3 Å². The Balaban J connectivity index is 1.70. The van der Waals surface area contributed by atoms with Crippen molar-refractivity contribution >= 4 is 23.4 Å². The SMILES string of the molecule is CCOc1ccc(N2C(=O)CC([NH2+]C3CCCNC3=O)C2=O)cc1. The summed E-state index contributed by atoms with van der Waals surface area (Å²) in [7, 11) is 0. The van der Waals surface area contributed by atoms with E-state index in [-0.39, 0.29) is 30.2 Å². The number of nitrogens with zero attached hydrogens (tertiary/aromatic N) is 1. The molecule has 1 aromatic rings. The number of piperidine rings is 1. The number of anilines is 1. The van der Waals surface area contributed by atoms with Crippen LogP contribution in [0.2, 0.25) is 0 Å². The highest BCUT2D eigenvalue weighted by Gasteiger charge is 2.44. The summed E-state index contributed by atoms with van der Waals surface area (Å²) in [5, 5.41) is 4.54. The number of nitrogens with two attached hydrogens (primary N) is 1. The van der Waals surface area contributed by atoms with Crippen molar-refractivity contribution in [2.75, 3.05) is 18.1 Å². The summed E-state index contributed by atoms with van der Waals surface area (Å²) >= 11 is 0. The van der Waals surface area contributed by atoms with Gasteiger partial charge in [-0.3, -0.25) is 14.4 Å². The van der Waals surface area contributed by atoms with E-state index in [1.54, 1.807) is 29.6 Å². The molecule has 0 bridgehead atoms. The largest absolute Gasteiger partial charge is 0.494 e. The summed E-state index contributed by atoms with van der Waals surface area (Å²) in [6.07, 6.45) is 1.74. The van der Waals surface area contributed by atoms with Gasteiger partial charge in [0.2, 0.25) is 5.91 Å². The molecule has 3 N–H and O–H groups in total. The van der Waals surface area contributed by atoms with Crippen molar-refractivity contribution in [2.24, 2.45) is 0 Å². The maximum absolute atomic E-state index is 12.6. The summed E-state index contributed by atoms with van der Waals surface area (Å²) in [6, 6.07) is 6.07. The minimum absolute atomic E-state index is 0.0546. The molecule has 2 fully saturated rings. The van der Waals surface area contributed by atoms with E-state index < -0.39 is 6.04 Å². The second kappa shape index (κ2) is 7.00. The molecule has 2 unspecified atom stereocenters. The first kappa shape index (κ1) is 16.4. The van der Waals surface area contributed by atoms with Crippen LogP contribution in [-0.4, -0.2) is 43.0 Å². The maximum Gasteiger partial charge on any atom is 0.292 e. The molecule has 0 saturated carbocycles. The van der Waals surface area contributed by atoms with E-state index in [1.807, 2.05) is 6.92 Å². The van der Waals surface area contributed by atoms with E-state index in [1.165, 1.54) is 4.90 Å². The van der Waals surface area contributed by atoms with Crippen LogP contribution in [0.1, 0.15) is 26.2 Å². The molecule has 3 amide bonds. The van der Waals surface area contributed by atoms with Crippen molar-refractivity contribution in [3.63, 3.8) is 0 Å². The predicted molar refractivity (Wildman–Crippen MR) is 86.5 cm³/mol. The smallest absolute Gasteiger partial charge is 0.292 e. The molecule has 0 radical (unpaired) electrons. The number of nitrogens with one attached hydrogen (secondary N) is 1. The molecule has 7 nitrogen and oxygen atoms in total. The highest BCUT2D eigenvalue weighted by molar-refractivity contribution is 6.21. The van der Waals surface area contributed by atoms with E-state index in [0.29, 0.717) is 24.6 Å². The van der Waals surface area contributed by atoms with Crippen molar-refractivity contribution in [3.05, 3.63) is 24.3 Å². The standard InChI is InChI=1S/C17H21N3O4/c1-2-24-12-7-5-11(6-8-12)20-15(21)10-14(17(20)23)19-13-4-3-9-18-16(13)22/h5-8,13-14,19H,2-4,9-10H2,1H3,(H,18,22)/p+1. The molecule has 0 spiro atoms. The molecule has 128 valence electrons. The first-order valence-corrected chi connectivity index (χ1v) is 8.32. The lowest BCUT2D eigenvalue weighted by molar-refractivity contribution is -0.696. The number of benzene rings is 1. The van der Waals surface area contributed by atoms with E-state index >= 15 is 0 Å². The summed E-state index contributed by atoms with van der Waals surface area (Å²) in [4.78, 5) is 38.0. The zero-order chi connectivity index (χ0) is 17.1. The van der Waals surface area contributed by atoms with Gasteiger partial charge in [-0.15, -0.1) is 0 Å². The van der Waals surface area contributed by atoms with Gasteiger partial charge in [0, 0.05) is 13.0 Å². The number of carbonyl (C=O) groups excluding carboxylic acids is 3. The van der Waals surface area contributed by atoms with Crippen LogP contribution in [0.3, 0.4) is 0 Å². The average Bonchev–Trinajstić information content (AvgIpc) is 2.85. The zero-order valence-corrected chi connectivity index (χ0v) is 13.7. The van der Waals surface area contributed by atoms with E-state index in [4.69, 9.17) is 4.74 Å². The quantitative estimate of drug-likeness (QED) is 0.715. The second-order valence-corrected chi connectivity index (χ2v) is 6.04. The molecule has 1 aromatic carbocycles. The van der Waals surface area contributed by atoms with Gasteiger partial charge in [0.15, 0.2) is 12.1 Å². The number of hydrogen-bond donors (Lipinski definition) is 2. The molecule has 2 heterocycles. The molecular weight excluding hydrogens is 310 g/mol. The molecule has 2 aliphatic heterocycles. The van der Waals surface area contributed by atoms with Gasteiger partial charge >= 0.3 is 0 Å². The van der Waals surface area contributed by atoms with Crippen molar-refractivity contribution in [3.8, 4) is 5.75 Å². The summed E-state index contributed by atoms with van der Waals surface area (Å²) < 4.78 is 5.37. The fourth-order valence-corrected chi connectivity index (χ4v) is 3.19. The van der Waals surface area contributed by atoms with Crippen LogP contribution in [0.25, 0.3) is 0 Å². The molecule has 0 aliphatic carbocycles. The number of quaternary nitrogens is 1. The monoisotopic (exact) mass is 332 g/mol. The van der Waals surface area contributed by atoms with E-state index in [2.05, 4.69) is 5.32 Å². The molecule has 24 heavy (non-hydrogen) atoms. The Morgan fingerprint density at radius 3 is 2.62 bits per heavy atom. The molecular formula is C17H22N3O4+. The maximum atomic E-state index is 12.6. The number of rotatable bonds is 5. The minimum atomic E-state index is -0.530. The Hall–Kier alpha value is -2.41. The lowest BCUT2D eigenvalue weighted by Gasteiger charge is -2.22. The predicted octanol–water partition coefficient (Wildman–Crippen LogP) is -0.441. The van der Waals surface area contributed by atoms with Gasteiger partial charge in [-0.2, -0.15) is 0 Å². The van der Waals surface area contributed by atoms with E-state index in [9.17, 15) is 14.4 Å². The van der Waals surface area contributed by atoms with Gasteiger partial charge in [-0.05, 0) is 37.6 Å². The Morgan fingerprint density at radius 1 is 1.21 bits per heavy atom. The molecule has 2 aliphatic rings. The van der Waals surface area contributed by atoms with Crippen LogP contribution >= 0.6 is 0 Å². The number of amides is 3. The molecule has 2 atom stereocenters. The fraction of sp³-hybridized carbons (Fsp3) is 0.471. The van der Waals surface area contributed by atoms with Gasteiger partial charge in [-0.25, -0.2) is 4.90 Å². The lowest BCUT2D eigenvalue weighted by Crippen LogP contribution is -2.98. The van der Waals surface area contributed by atoms with Gasteiger partial charge in [0.25, 0.3) is 11.8 Å². The zero-order valence-electron chi connectivity index (χ0n) is 13.7. The Labute approximate surface area is 140 Å². The number of imide groups is 1. The first-order valence-electron chi connectivity index (χ1n) is 8.32. The van der Waals surface area contributed by atoms with Gasteiger partial charge in [-0.1, -0.05) is 0 Å². The third-order valence-corrected chi connectivity index (χ3v) is 4.38. The molecule has 3 rings (SSSR count).